The molecule has 0 aliphatic heterocycles. The lowest BCUT2D eigenvalue weighted by Crippen LogP contribution is -2.54. The van der Waals surface area contributed by atoms with Gasteiger partial charge >= 0.3 is 7.82 Å². The maximum absolute atomic E-state index is 13.7. The SMILES string of the molecule is CC[C@H](CC[C@@H](C)[C@H]1CCC2C3CC[C@H]4C[C@@H](OP(=O)(OCCCO[N+](=O)[O-])OCCCO[N+](=O)[O-])CC[C@]4(C)C3CC[C@@]21C)C(C)C. The summed E-state index contributed by atoms with van der Waals surface area (Å²) in [6, 6.07) is 0. The van der Waals surface area contributed by atoms with E-state index in [-0.39, 0.29) is 50.8 Å². The Bertz CT molecular complexity index is 1080. The lowest BCUT2D eigenvalue weighted by Gasteiger charge is -2.61. The van der Waals surface area contributed by atoms with E-state index in [4.69, 9.17) is 13.6 Å². The second-order valence-corrected chi connectivity index (χ2v) is 17.9. The molecule has 0 bridgehead atoms. The second kappa shape index (κ2) is 17.1. The summed E-state index contributed by atoms with van der Waals surface area (Å²) >= 11 is 0. The highest BCUT2D eigenvalue weighted by Crippen LogP contribution is 2.69. The van der Waals surface area contributed by atoms with Crippen LogP contribution in [0.4, 0.5) is 0 Å². The quantitative estimate of drug-likeness (QED) is 0.0519. The highest BCUT2D eigenvalue weighted by Gasteiger charge is 2.61. The zero-order valence-corrected chi connectivity index (χ0v) is 31.2. The average Bonchev–Trinajstić information content (AvgIpc) is 3.38. The van der Waals surface area contributed by atoms with Gasteiger partial charge in [-0.15, -0.1) is 20.2 Å². The minimum atomic E-state index is -4.02. The molecule has 0 aromatic carbocycles. The van der Waals surface area contributed by atoms with Crippen molar-refractivity contribution in [2.75, 3.05) is 26.4 Å². The average molecular weight is 703 g/mol. The number of phosphoric ester groups is 1. The van der Waals surface area contributed by atoms with Gasteiger partial charge in [0.2, 0.25) is 0 Å². The van der Waals surface area contributed by atoms with Gasteiger partial charge in [-0.05, 0) is 135 Å². The molecule has 0 N–H and O–H groups in total. The lowest BCUT2D eigenvalue weighted by molar-refractivity contribution is -0.757. The van der Waals surface area contributed by atoms with Crippen LogP contribution < -0.4 is 0 Å². The predicted octanol–water partition coefficient (Wildman–Crippen LogP) is 9.47. The molecule has 0 radical (unpaired) electrons. The molecule has 13 heteroatoms. The smallest absolute Gasteiger partial charge is 0.314 e. The Morgan fingerprint density at radius 3 is 1.98 bits per heavy atom. The summed E-state index contributed by atoms with van der Waals surface area (Å²) in [6.07, 6.45) is 14.3. The first kappa shape index (κ1) is 39.3. The van der Waals surface area contributed by atoms with Gasteiger partial charge in [0.25, 0.3) is 10.2 Å². The maximum atomic E-state index is 13.7. The zero-order chi connectivity index (χ0) is 35.1. The summed E-state index contributed by atoms with van der Waals surface area (Å²) in [5.41, 5.74) is 0.672. The van der Waals surface area contributed by atoms with E-state index in [1.807, 2.05) is 0 Å². The monoisotopic (exact) mass is 702 g/mol. The van der Waals surface area contributed by atoms with Gasteiger partial charge < -0.3 is 9.68 Å². The van der Waals surface area contributed by atoms with E-state index in [1.165, 1.54) is 51.4 Å². The van der Waals surface area contributed by atoms with Crippen molar-refractivity contribution in [3.63, 3.8) is 0 Å². The Hall–Kier alpha value is -1.49. The van der Waals surface area contributed by atoms with E-state index in [0.29, 0.717) is 17.3 Å². The van der Waals surface area contributed by atoms with E-state index >= 15 is 0 Å². The van der Waals surface area contributed by atoms with E-state index in [1.54, 1.807) is 0 Å². The largest absolute Gasteiger partial charge is 0.475 e. The van der Waals surface area contributed by atoms with E-state index in [0.717, 1.165) is 61.2 Å². The number of phosphoric acid groups is 1. The Balaban J connectivity index is 1.35. The van der Waals surface area contributed by atoms with Crippen molar-refractivity contribution >= 4 is 7.82 Å². The molecule has 0 aromatic rings. The van der Waals surface area contributed by atoms with Gasteiger partial charge in [0.1, 0.15) is 0 Å². The van der Waals surface area contributed by atoms with Gasteiger partial charge in [-0.3, -0.25) is 13.6 Å². The molecule has 0 amide bonds. The Morgan fingerprint density at radius 2 is 1.40 bits per heavy atom. The molecule has 0 spiro atoms. The van der Waals surface area contributed by atoms with Crippen LogP contribution in [0, 0.1) is 78.4 Å². The summed E-state index contributed by atoms with van der Waals surface area (Å²) in [5.74, 6) is 5.97. The van der Waals surface area contributed by atoms with Gasteiger partial charge in [0, 0.05) is 0 Å². The minimum absolute atomic E-state index is 0.106. The Labute approximate surface area is 287 Å². The first-order chi connectivity index (χ1) is 22.7. The van der Waals surface area contributed by atoms with Crippen LogP contribution >= 0.6 is 7.82 Å². The standard InChI is InChI=1S/C35H63N2O10P/c1-7-27(25(2)3)11-10-26(4)31-14-15-32-30-13-12-28-24-29(16-18-34(28,5)33(30)17-19-35(31,32)6)47-48(42,45-22-8-20-43-36(38)39)46-23-9-21-44-37(40)41/h25-33H,7-24H2,1-6H3/t26-,27-,28+,29+,30?,31-,32?,33?,34+,35-/m1/s1. The molecule has 278 valence electrons. The van der Waals surface area contributed by atoms with Crippen LogP contribution in [0.15, 0.2) is 0 Å². The number of hydrogen-bond donors (Lipinski definition) is 0. The molecular weight excluding hydrogens is 639 g/mol. The van der Waals surface area contributed by atoms with Crippen LogP contribution in [0.5, 0.6) is 0 Å². The number of rotatable bonds is 20. The van der Waals surface area contributed by atoms with Gasteiger partial charge in [0.05, 0.1) is 32.5 Å². The van der Waals surface area contributed by atoms with Crippen LogP contribution in [0.1, 0.15) is 131 Å². The molecule has 0 saturated heterocycles. The second-order valence-electron chi connectivity index (χ2n) is 16.3. The fourth-order valence-corrected chi connectivity index (χ4v) is 12.5. The molecule has 0 heterocycles. The summed E-state index contributed by atoms with van der Waals surface area (Å²) in [5, 5.41) is 19.2. The molecule has 4 rings (SSSR count). The molecule has 4 aliphatic rings. The van der Waals surface area contributed by atoms with E-state index in [2.05, 4.69) is 51.2 Å². The topological polar surface area (TPSA) is 150 Å². The van der Waals surface area contributed by atoms with Crippen LogP contribution in [-0.4, -0.2) is 42.7 Å². The third-order valence-corrected chi connectivity index (χ3v) is 15.1. The highest BCUT2D eigenvalue weighted by molar-refractivity contribution is 7.48. The molecular formula is C35H63N2O10P. The number of fused-ring (bicyclic) bond motifs is 5. The molecule has 4 saturated carbocycles. The van der Waals surface area contributed by atoms with Crippen LogP contribution in [0.25, 0.3) is 0 Å². The fraction of sp³-hybridized carbons (Fsp3) is 1.00. The summed E-state index contributed by atoms with van der Waals surface area (Å²) in [7, 11) is -4.02. The van der Waals surface area contributed by atoms with Gasteiger partial charge in [-0.1, -0.05) is 54.4 Å². The van der Waals surface area contributed by atoms with Crippen molar-refractivity contribution in [2.45, 2.75) is 138 Å². The normalized spacial score (nSPS) is 34.5. The highest BCUT2D eigenvalue weighted by atomic mass is 31.2. The maximum Gasteiger partial charge on any atom is 0.475 e. The summed E-state index contributed by atoms with van der Waals surface area (Å²) < 4.78 is 30.9. The molecule has 3 unspecified atom stereocenters. The molecule has 0 aromatic heterocycles. The first-order valence-corrected chi connectivity index (χ1v) is 20.3. The fourth-order valence-electron chi connectivity index (χ4n) is 11.0. The Kier molecular flexibility index (Phi) is 14.0. The van der Waals surface area contributed by atoms with Gasteiger partial charge in [-0.25, -0.2) is 4.57 Å². The molecule has 48 heavy (non-hydrogen) atoms. The van der Waals surface area contributed by atoms with Crippen molar-refractivity contribution in [2.24, 2.45) is 58.2 Å². The third-order valence-electron chi connectivity index (χ3n) is 13.6. The number of hydrogen-bond acceptors (Lipinski definition) is 10. The van der Waals surface area contributed by atoms with E-state index < -0.39 is 18.0 Å². The summed E-state index contributed by atoms with van der Waals surface area (Å²) in [4.78, 5) is 29.6. The van der Waals surface area contributed by atoms with Crippen molar-refractivity contribution in [3.05, 3.63) is 20.2 Å². The van der Waals surface area contributed by atoms with Gasteiger partial charge in [-0.2, -0.15) is 0 Å². The number of nitrogens with zero attached hydrogens (tertiary/aromatic N) is 2. The summed E-state index contributed by atoms with van der Waals surface area (Å²) in [6.45, 7) is 14.2. The zero-order valence-electron chi connectivity index (χ0n) is 30.3. The first-order valence-electron chi connectivity index (χ1n) is 18.8. The van der Waals surface area contributed by atoms with Gasteiger partial charge in [0.15, 0.2) is 0 Å². The predicted molar refractivity (Wildman–Crippen MR) is 182 cm³/mol. The van der Waals surface area contributed by atoms with Crippen LogP contribution in [0.3, 0.4) is 0 Å². The molecule has 10 atom stereocenters. The molecule has 4 fully saturated rings. The van der Waals surface area contributed by atoms with E-state index in [9.17, 15) is 24.8 Å². The van der Waals surface area contributed by atoms with Crippen molar-refractivity contribution in [3.8, 4) is 0 Å². The van der Waals surface area contributed by atoms with Crippen molar-refractivity contribution in [1.29, 1.82) is 0 Å². The molecule has 4 aliphatic carbocycles. The minimum Gasteiger partial charge on any atom is -0.314 e. The third kappa shape index (κ3) is 9.43. The van der Waals surface area contributed by atoms with Crippen molar-refractivity contribution in [1.82, 2.24) is 0 Å². The molecule has 12 nitrogen and oxygen atoms in total. The lowest BCUT2D eigenvalue weighted by atomic mass is 9.44. The van der Waals surface area contributed by atoms with Crippen LogP contribution in [0.2, 0.25) is 0 Å². The van der Waals surface area contributed by atoms with Crippen LogP contribution in [-0.2, 0) is 27.8 Å². The Morgan fingerprint density at radius 1 is 0.792 bits per heavy atom. The van der Waals surface area contributed by atoms with Crippen molar-refractivity contribution < 1.29 is 38.0 Å².